The lowest BCUT2D eigenvalue weighted by atomic mass is 10.1. The van der Waals surface area contributed by atoms with Crippen molar-refractivity contribution < 1.29 is 4.79 Å². The SMILES string of the molecule is C[Si](CCC(=O)NC1CCc2ccccc21)(c1ccccc1)c1ccccc1. The Hall–Kier alpha value is -2.65. The van der Waals surface area contributed by atoms with Gasteiger partial charge in [-0.1, -0.05) is 102 Å². The molecule has 4 rings (SSSR count). The number of fused-ring (bicyclic) bond motifs is 1. The van der Waals surface area contributed by atoms with Gasteiger partial charge >= 0.3 is 0 Å². The van der Waals surface area contributed by atoms with Crippen LogP contribution >= 0.6 is 0 Å². The maximum Gasteiger partial charge on any atom is 0.220 e. The Morgan fingerprint density at radius 2 is 1.46 bits per heavy atom. The summed E-state index contributed by atoms with van der Waals surface area (Å²) in [6.45, 7) is 2.38. The third-order valence-electron chi connectivity index (χ3n) is 6.14. The molecule has 1 amide bonds. The number of carbonyl (C=O) groups excluding carboxylic acids is 1. The molecule has 1 unspecified atom stereocenters. The van der Waals surface area contributed by atoms with Crippen LogP contribution in [0.4, 0.5) is 0 Å². The minimum absolute atomic E-state index is 0.171. The Balaban J connectivity index is 1.49. The summed E-state index contributed by atoms with van der Waals surface area (Å²) in [7, 11) is -1.95. The molecule has 0 fully saturated rings. The second-order valence-electron chi connectivity index (χ2n) is 7.92. The van der Waals surface area contributed by atoms with Gasteiger partial charge in [-0.2, -0.15) is 0 Å². The van der Waals surface area contributed by atoms with Crippen LogP contribution in [0, 0.1) is 0 Å². The summed E-state index contributed by atoms with van der Waals surface area (Å²) in [5.74, 6) is 0.173. The molecule has 2 nitrogen and oxygen atoms in total. The van der Waals surface area contributed by atoms with Crippen LogP contribution in [-0.4, -0.2) is 14.0 Å². The standard InChI is InChI=1S/C25H27NOSi/c1-28(21-11-4-2-5-12-21,22-13-6-3-7-14-22)19-18-25(27)26-24-17-16-20-10-8-9-15-23(20)24/h2-15,24H,16-19H2,1H3,(H,26,27). The molecule has 1 N–H and O–H groups in total. The van der Waals surface area contributed by atoms with E-state index >= 15 is 0 Å². The van der Waals surface area contributed by atoms with Crippen molar-refractivity contribution in [2.75, 3.05) is 0 Å². The summed E-state index contributed by atoms with van der Waals surface area (Å²) in [5, 5.41) is 6.07. The number of hydrogen-bond donors (Lipinski definition) is 1. The van der Waals surface area contributed by atoms with Gasteiger partial charge in [0.2, 0.25) is 5.91 Å². The van der Waals surface area contributed by atoms with Gasteiger partial charge in [-0.15, -0.1) is 0 Å². The van der Waals surface area contributed by atoms with Crippen molar-refractivity contribution in [2.45, 2.75) is 37.9 Å². The summed E-state index contributed by atoms with van der Waals surface area (Å²) in [6.07, 6.45) is 2.64. The lowest BCUT2D eigenvalue weighted by molar-refractivity contribution is -0.121. The highest BCUT2D eigenvalue weighted by Gasteiger charge is 2.32. The molecule has 0 aromatic heterocycles. The van der Waals surface area contributed by atoms with E-state index in [0.29, 0.717) is 6.42 Å². The molecule has 1 aliphatic carbocycles. The number of hydrogen-bond acceptors (Lipinski definition) is 1. The molecule has 0 saturated carbocycles. The zero-order valence-corrected chi connectivity index (χ0v) is 17.4. The van der Waals surface area contributed by atoms with Gasteiger partial charge in [-0.05, 0) is 30.0 Å². The number of aryl methyl sites for hydroxylation is 1. The molecule has 1 atom stereocenters. The maximum atomic E-state index is 12.8. The summed E-state index contributed by atoms with van der Waals surface area (Å²) in [4.78, 5) is 12.8. The van der Waals surface area contributed by atoms with Gasteiger partial charge in [0, 0.05) is 6.42 Å². The van der Waals surface area contributed by atoms with Crippen molar-refractivity contribution in [1.82, 2.24) is 5.32 Å². The molecule has 0 bridgehead atoms. The lowest BCUT2D eigenvalue weighted by Crippen LogP contribution is -2.55. The van der Waals surface area contributed by atoms with E-state index in [1.807, 2.05) is 0 Å². The monoisotopic (exact) mass is 385 g/mol. The van der Waals surface area contributed by atoms with E-state index in [9.17, 15) is 4.79 Å². The van der Waals surface area contributed by atoms with Crippen molar-refractivity contribution in [3.63, 3.8) is 0 Å². The number of nitrogens with one attached hydrogen (secondary N) is 1. The van der Waals surface area contributed by atoms with E-state index in [4.69, 9.17) is 0 Å². The van der Waals surface area contributed by atoms with Crippen LogP contribution in [0.25, 0.3) is 0 Å². The number of amides is 1. The summed E-state index contributed by atoms with van der Waals surface area (Å²) in [5.41, 5.74) is 2.67. The molecule has 0 radical (unpaired) electrons. The molecule has 0 heterocycles. The van der Waals surface area contributed by atoms with Gasteiger partial charge in [0.15, 0.2) is 0 Å². The second kappa shape index (κ2) is 8.15. The van der Waals surface area contributed by atoms with E-state index in [1.54, 1.807) is 0 Å². The first-order valence-corrected chi connectivity index (χ1v) is 12.9. The van der Waals surface area contributed by atoms with Crippen LogP contribution in [-0.2, 0) is 11.2 Å². The van der Waals surface area contributed by atoms with E-state index in [-0.39, 0.29) is 11.9 Å². The van der Waals surface area contributed by atoms with Gasteiger partial charge in [0.1, 0.15) is 8.07 Å². The van der Waals surface area contributed by atoms with Crippen molar-refractivity contribution in [3.05, 3.63) is 96.1 Å². The van der Waals surface area contributed by atoms with E-state index in [1.165, 1.54) is 21.5 Å². The minimum atomic E-state index is -1.95. The van der Waals surface area contributed by atoms with Crippen LogP contribution in [0.3, 0.4) is 0 Å². The highest BCUT2D eigenvalue weighted by atomic mass is 28.3. The predicted octanol–water partition coefficient (Wildman–Crippen LogP) is 4.07. The second-order valence-corrected chi connectivity index (χ2v) is 12.2. The highest BCUT2D eigenvalue weighted by molar-refractivity contribution is 7.01. The topological polar surface area (TPSA) is 29.1 Å². The van der Waals surface area contributed by atoms with Crippen LogP contribution in [0.15, 0.2) is 84.9 Å². The zero-order valence-electron chi connectivity index (χ0n) is 16.4. The third-order valence-corrected chi connectivity index (χ3v) is 10.6. The maximum absolute atomic E-state index is 12.8. The fourth-order valence-electron chi connectivity index (χ4n) is 4.40. The van der Waals surface area contributed by atoms with E-state index in [2.05, 4.69) is 96.8 Å². The lowest BCUT2D eigenvalue weighted by Gasteiger charge is -2.29. The summed E-state index contributed by atoms with van der Waals surface area (Å²) >= 11 is 0. The van der Waals surface area contributed by atoms with E-state index in [0.717, 1.165) is 18.9 Å². The average Bonchev–Trinajstić information content (AvgIpc) is 3.16. The molecule has 3 aromatic rings. The Morgan fingerprint density at radius 3 is 2.11 bits per heavy atom. The Labute approximate surface area is 168 Å². The quantitative estimate of drug-likeness (QED) is 0.637. The molecule has 0 spiro atoms. The third kappa shape index (κ3) is 3.81. The largest absolute Gasteiger partial charge is 0.349 e. The number of carbonyl (C=O) groups is 1. The molecule has 3 aromatic carbocycles. The summed E-state index contributed by atoms with van der Waals surface area (Å²) < 4.78 is 0. The number of rotatable bonds is 6. The van der Waals surface area contributed by atoms with Crippen molar-refractivity contribution in [1.29, 1.82) is 0 Å². The number of benzene rings is 3. The van der Waals surface area contributed by atoms with Gasteiger partial charge in [-0.25, -0.2) is 0 Å². The van der Waals surface area contributed by atoms with E-state index < -0.39 is 8.07 Å². The fourth-order valence-corrected chi connectivity index (χ4v) is 7.90. The van der Waals surface area contributed by atoms with Crippen LogP contribution in [0.5, 0.6) is 0 Å². The first-order valence-electron chi connectivity index (χ1n) is 10.1. The molecule has 142 valence electrons. The molecular formula is C25H27NOSi. The Bertz CT molecular complexity index is 900. The smallest absolute Gasteiger partial charge is 0.220 e. The van der Waals surface area contributed by atoms with Crippen LogP contribution in [0.2, 0.25) is 12.6 Å². The normalized spacial score (nSPS) is 15.8. The minimum Gasteiger partial charge on any atom is -0.349 e. The van der Waals surface area contributed by atoms with Crippen molar-refractivity contribution in [2.24, 2.45) is 0 Å². The van der Waals surface area contributed by atoms with Crippen molar-refractivity contribution in [3.8, 4) is 0 Å². The Morgan fingerprint density at radius 1 is 0.893 bits per heavy atom. The average molecular weight is 386 g/mol. The molecule has 28 heavy (non-hydrogen) atoms. The van der Waals surface area contributed by atoms with Crippen LogP contribution in [0.1, 0.15) is 30.0 Å². The molecule has 0 aliphatic heterocycles. The molecule has 0 saturated heterocycles. The van der Waals surface area contributed by atoms with Gasteiger partial charge < -0.3 is 5.32 Å². The van der Waals surface area contributed by atoms with Crippen LogP contribution < -0.4 is 15.7 Å². The first-order chi connectivity index (χ1) is 13.7. The first kappa shape index (κ1) is 18.7. The fraction of sp³-hybridized carbons (Fsp3) is 0.240. The molecular weight excluding hydrogens is 358 g/mol. The van der Waals surface area contributed by atoms with Gasteiger partial charge in [-0.3, -0.25) is 4.79 Å². The Kier molecular flexibility index (Phi) is 5.44. The zero-order chi connectivity index (χ0) is 19.4. The predicted molar refractivity (Wildman–Crippen MR) is 119 cm³/mol. The van der Waals surface area contributed by atoms with Gasteiger partial charge in [0.25, 0.3) is 0 Å². The highest BCUT2D eigenvalue weighted by Crippen LogP contribution is 2.30. The van der Waals surface area contributed by atoms with Crippen molar-refractivity contribution >= 4 is 24.4 Å². The molecule has 1 aliphatic rings. The summed E-state index contributed by atoms with van der Waals surface area (Å²) in [6, 6.07) is 31.0. The van der Waals surface area contributed by atoms with Gasteiger partial charge in [0.05, 0.1) is 6.04 Å². The molecule has 3 heteroatoms.